The topological polar surface area (TPSA) is 38.8 Å². The van der Waals surface area contributed by atoms with E-state index in [0.717, 1.165) is 35.2 Å². The Kier molecular flexibility index (Phi) is 11.8. The summed E-state index contributed by atoms with van der Waals surface area (Å²) < 4.78 is 12.4. The maximum Gasteiger partial charge on any atom is 1.00 e. The van der Waals surface area contributed by atoms with Gasteiger partial charge in [0.1, 0.15) is 11.4 Å². The van der Waals surface area contributed by atoms with Gasteiger partial charge in [0, 0.05) is 23.1 Å². The molecule has 7 heteroatoms. The molecule has 0 saturated heterocycles. The maximum absolute atomic E-state index is 12.2. The molecule has 1 heterocycles. The van der Waals surface area contributed by atoms with Crippen LogP contribution in [-0.4, -0.2) is 34.2 Å². The molecule has 1 aromatic carbocycles. The van der Waals surface area contributed by atoms with Crippen LogP contribution in [0.3, 0.4) is 0 Å². The summed E-state index contributed by atoms with van der Waals surface area (Å²) >= 11 is 2.36. The molecule has 130 valence electrons. The molecular formula is C17H24I2NNaO3. The third-order valence-electron chi connectivity index (χ3n) is 3.41. The number of hydrogen-bond acceptors (Lipinski definition) is 3. The Bertz CT molecular complexity index is 535. The van der Waals surface area contributed by atoms with Crippen molar-refractivity contribution in [2.24, 2.45) is 0 Å². The number of nitrogens with zero attached hydrogens (tertiary/aromatic N) is 1. The van der Waals surface area contributed by atoms with Crippen molar-refractivity contribution in [2.45, 2.75) is 45.8 Å². The Balaban J connectivity index is 0.00000264. The second kappa shape index (κ2) is 11.5. The number of carbonyl (C=O) groups excluding carboxylic acids is 1. The largest absolute Gasteiger partial charge is 1.00 e. The fourth-order valence-electron chi connectivity index (χ4n) is 2.43. The zero-order valence-corrected chi connectivity index (χ0v) is 21.2. The molecular weight excluding hydrogens is 543 g/mol. The van der Waals surface area contributed by atoms with Crippen LogP contribution in [0.4, 0.5) is 4.79 Å². The van der Waals surface area contributed by atoms with Crippen molar-refractivity contribution in [3.05, 3.63) is 29.3 Å². The molecule has 1 aliphatic heterocycles. The predicted octanol–water partition coefficient (Wildman–Crippen LogP) is -1.81. The summed E-state index contributed by atoms with van der Waals surface area (Å²) in [6.45, 7) is 7.68. The van der Waals surface area contributed by atoms with Gasteiger partial charge in [-0.05, 0) is 45.2 Å². The number of hydrogen-bond donors (Lipinski definition) is 0. The van der Waals surface area contributed by atoms with Crippen molar-refractivity contribution in [2.75, 3.05) is 17.6 Å². The van der Waals surface area contributed by atoms with E-state index >= 15 is 0 Å². The summed E-state index contributed by atoms with van der Waals surface area (Å²) in [7, 11) is 0. The van der Waals surface area contributed by atoms with Gasteiger partial charge in [-0.25, -0.2) is 4.79 Å². The van der Waals surface area contributed by atoms with Gasteiger partial charge in [0.15, 0.2) is 0 Å². The van der Waals surface area contributed by atoms with E-state index in [-0.39, 0.29) is 59.6 Å². The third kappa shape index (κ3) is 7.55. The SMILES string of the molecule is CC(C)(C)OC(=O)N1CCc2c(cccc2OCCCI)C1.[I-].[Na+]. The number of ether oxygens (including phenoxy) is 2. The molecule has 0 radical (unpaired) electrons. The van der Waals surface area contributed by atoms with Gasteiger partial charge < -0.3 is 38.4 Å². The number of rotatable bonds is 4. The van der Waals surface area contributed by atoms with Gasteiger partial charge in [0.25, 0.3) is 0 Å². The summed E-state index contributed by atoms with van der Waals surface area (Å²) in [4.78, 5) is 14.0. The van der Waals surface area contributed by atoms with Crippen molar-refractivity contribution < 1.29 is 67.8 Å². The molecule has 0 aromatic heterocycles. The number of benzene rings is 1. The van der Waals surface area contributed by atoms with Gasteiger partial charge >= 0.3 is 35.7 Å². The fourth-order valence-corrected chi connectivity index (χ4v) is 2.74. The first-order valence-electron chi connectivity index (χ1n) is 7.68. The Morgan fingerprint density at radius 2 is 2.04 bits per heavy atom. The molecule has 0 atom stereocenters. The minimum absolute atomic E-state index is 0. The molecule has 0 aliphatic carbocycles. The molecule has 0 unspecified atom stereocenters. The third-order valence-corrected chi connectivity index (χ3v) is 4.17. The number of alkyl halides is 1. The molecule has 24 heavy (non-hydrogen) atoms. The molecule has 0 bridgehead atoms. The summed E-state index contributed by atoms with van der Waals surface area (Å²) in [5.41, 5.74) is 1.93. The predicted molar refractivity (Wildman–Crippen MR) is 95.8 cm³/mol. The first-order valence-corrected chi connectivity index (χ1v) is 9.21. The van der Waals surface area contributed by atoms with Crippen LogP contribution in [0.1, 0.15) is 38.3 Å². The molecule has 0 N–H and O–H groups in total. The van der Waals surface area contributed by atoms with Crippen LogP contribution in [0.2, 0.25) is 0 Å². The van der Waals surface area contributed by atoms with Gasteiger partial charge in [-0.1, -0.05) is 34.7 Å². The summed E-state index contributed by atoms with van der Waals surface area (Å²) in [6, 6.07) is 6.09. The molecule has 0 saturated carbocycles. The molecule has 1 aromatic rings. The van der Waals surface area contributed by atoms with Crippen molar-refractivity contribution >= 4 is 28.7 Å². The van der Waals surface area contributed by atoms with E-state index in [1.165, 1.54) is 5.56 Å². The summed E-state index contributed by atoms with van der Waals surface area (Å²) in [5, 5.41) is 0. The Labute approximate surface area is 197 Å². The number of carbonyl (C=O) groups is 1. The standard InChI is InChI=1S/C17H24INO3.HI.Na/c1-17(2,3)22-16(20)19-10-8-14-13(12-19)6-4-7-15(14)21-11-5-9-18;;/h4,6-7H,5,8-12H2,1-3H3;1H;/q;;+1/p-1. The van der Waals surface area contributed by atoms with Crippen molar-refractivity contribution in [3.63, 3.8) is 0 Å². The minimum atomic E-state index is -0.457. The fraction of sp³-hybridized carbons (Fsp3) is 0.588. The molecule has 0 fully saturated rings. The monoisotopic (exact) mass is 567 g/mol. The van der Waals surface area contributed by atoms with Crippen molar-refractivity contribution in [1.82, 2.24) is 4.90 Å². The van der Waals surface area contributed by atoms with Crippen LogP contribution in [0.25, 0.3) is 0 Å². The first-order chi connectivity index (χ1) is 10.4. The average molecular weight is 567 g/mol. The van der Waals surface area contributed by atoms with Crippen LogP contribution in [0.5, 0.6) is 5.75 Å². The van der Waals surface area contributed by atoms with E-state index in [1.807, 2.05) is 32.9 Å². The van der Waals surface area contributed by atoms with Crippen LogP contribution < -0.4 is 58.3 Å². The molecule has 2 rings (SSSR count). The quantitative estimate of drug-likeness (QED) is 0.187. The first kappa shape index (κ1) is 24.8. The van der Waals surface area contributed by atoms with E-state index in [0.29, 0.717) is 13.1 Å². The molecule has 0 spiro atoms. The summed E-state index contributed by atoms with van der Waals surface area (Å²) in [6.07, 6.45) is 1.62. The Hall–Kier alpha value is 0.750. The van der Waals surface area contributed by atoms with Crippen LogP contribution in [0, 0.1) is 0 Å². The second-order valence-electron chi connectivity index (χ2n) is 6.44. The van der Waals surface area contributed by atoms with Crippen LogP contribution in [0.15, 0.2) is 18.2 Å². The van der Waals surface area contributed by atoms with E-state index < -0.39 is 5.60 Å². The Morgan fingerprint density at radius 3 is 2.67 bits per heavy atom. The summed E-state index contributed by atoms with van der Waals surface area (Å²) in [5.74, 6) is 0.964. The van der Waals surface area contributed by atoms with Crippen molar-refractivity contribution in [1.29, 1.82) is 0 Å². The number of fused-ring (bicyclic) bond motifs is 1. The average Bonchev–Trinajstić information content (AvgIpc) is 2.45. The zero-order valence-electron chi connectivity index (χ0n) is 14.9. The maximum atomic E-state index is 12.2. The zero-order chi connectivity index (χ0) is 16.2. The second-order valence-corrected chi connectivity index (χ2v) is 7.52. The molecule has 4 nitrogen and oxygen atoms in total. The van der Waals surface area contributed by atoms with Gasteiger partial charge in [-0.2, -0.15) is 0 Å². The van der Waals surface area contributed by atoms with Gasteiger partial charge in [-0.3, -0.25) is 0 Å². The van der Waals surface area contributed by atoms with Gasteiger partial charge in [0.2, 0.25) is 0 Å². The van der Waals surface area contributed by atoms with E-state index in [9.17, 15) is 4.79 Å². The van der Waals surface area contributed by atoms with Crippen LogP contribution in [-0.2, 0) is 17.7 Å². The van der Waals surface area contributed by atoms with E-state index in [2.05, 4.69) is 28.7 Å². The minimum Gasteiger partial charge on any atom is -1.00 e. The number of halogens is 2. The van der Waals surface area contributed by atoms with E-state index in [4.69, 9.17) is 9.47 Å². The Morgan fingerprint density at radius 1 is 1.33 bits per heavy atom. The molecule has 1 aliphatic rings. The van der Waals surface area contributed by atoms with Crippen LogP contribution >= 0.6 is 22.6 Å². The smallest absolute Gasteiger partial charge is 1.00 e. The van der Waals surface area contributed by atoms with E-state index in [1.54, 1.807) is 4.90 Å². The normalized spacial score (nSPS) is 13.2. The molecule has 1 amide bonds. The number of amides is 1. The van der Waals surface area contributed by atoms with Crippen molar-refractivity contribution in [3.8, 4) is 5.75 Å². The van der Waals surface area contributed by atoms with Gasteiger partial charge in [0.05, 0.1) is 6.61 Å². The van der Waals surface area contributed by atoms with Gasteiger partial charge in [-0.15, -0.1) is 0 Å².